The first-order valence-electron chi connectivity index (χ1n) is 7.99. The number of aromatic nitrogens is 4. The number of rotatable bonds is 5. The summed E-state index contributed by atoms with van der Waals surface area (Å²) in [5, 5.41) is 10.9. The van der Waals surface area contributed by atoms with Gasteiger partial charge < -0.3 is 10.1 Å². The van der Waals surface area contributed by atoms with Gasteiger partial charge in [0.15, 0.2) is 5.69 Å². The average molecular weight is 347 g/mol. The van der Waals surface area contributed by atoms with Crippen LogP contribution in [0.1, 0.15) is 16.2 Å². The van der Waals surface area contributed by atoms with E-state index < -0.39 is 0 Å². The molecule has 0 saturated heterocycles. The van der Waals surface area contributed by atoms with Gasteiger partial charge in [-0.3, -0.25) is 9.78 Å². The predicted molar refractivity (Wildman–Crippen MR) is 95.9 cm³/mol. The summed E-state index contributed by atoms with van der Waals surface area (Å²) in [5.41, 5.74) is 1.95. The largest absolute Gasteiger partial charge is 0.479 e. The first kappa shape index (κ1) is 17.2. The van der Waals surface area contributed by atoms with Gasteiger partial charge in [0.25, 0.3) is 5.91 Å². The zero-order chi connectivity index (χ0) is 18.2. The van der Waals surface area contributed by atoms with Crippen LogP contribution >= 0.6 is 0 Å². The Bertz CT molecular complexity index is 924. The van der Waals surface area contributed by atoms with Gasteiger partial charge in [-0.15, -0.1) is 5.10 Å². The van der Waals surface area contributed by atoms with Gasteiger partial charge >= 0.3 is 0 Å². The van der Waals surface area contributed by atoms with Crippen molar-refractivity contribution in [2.75, 3.05) is 13.2 Å². The Morgan fingerprint density at radius 2 is 2.00 bits per heavy atom. The Morgan fingerprint density at radius 3 is 2.77 bits per heavy atom. The Balaban J connectivity index is 1.45. The van der Waals surface area contributed by atoms with Gasteiger partial charge in [0.2, 0.25) is 0 Å². The van der Waals surface area contributed by atoms with Gasteiger partial charge in [-0.05, 0) is 31.2 Å². The van der Waals surface area contributed by atoms with Crippen LogP contribution < -0.4 is 10.1 Å². The highest BCUT2D eigenvalue weighted by Gasteiger charge is 2.10. The second kappa shape index (κ2) is 8.44. The summed E-state index contributed by atoms with van der Waals surface area (Å²) in [6.45, 7) is 2.34. The van der Waals surface area contributed by atoms with Crippen molar-refractivity contribution in [2.24, 2.45) is 0 Å². The molecule has 0 bridgehead atoms. The van der Waals surface area contributed by atoms with Crippen molar-refractivity contribution in [3.63, 3.8) is 0 Å². The fourth-order valence-electron chi connectivity index (χ4n) is 2.04. The number of benzene rings is 1. The van der Waals surface area contributed by atoms with E-state index in [4.69, 9.17) is 4.74 Å². The maximum atomic E-state index is 12.0. The number of nitrogens with one attached hydrogen (secondary N) is 1. The van der Waals surface area contributed by atoms with E-state index in [1.165, 1.54) is 11.0 Å². The second-order valence-electron chi connectivity index (χ2n) is 5.31. The third-order valence-electron chi connectivity index (χ3n) is 3.37. The lowest BCUT2D eigenvalue weighted by molar-refractivity contribution is 0.0953. The zero-order valence-corrected chi connectivity index (χ0v) is 14.2. The third-order valence-corrected chi connectivity index (χ3v) is 3.37. The number of carbonyl (C=O) groups is 1. The average Bonchev–Trinajstić information content (AvgIpc) is 3.17. The number of aryl methyl sites for hydroxylation is 1. The summed E-state index contributed by atoms with van der Waals surface area (Å²) in [5.74, 6) is 5.98. The minimum atomic E-state index is -0.329. The Hall–Kier alpha value is -3.66. The van der Waals surface area contributed by atoms with Gasteiger partial charge in [0.05, 0.1) is 24.6 Å². The molecule has 0 spiro atoms. The molecule has 3 rings (SSSR count). The minimum absolute atomic E-state index is 0.201. The molecule has 1 amide bonds. The lowest BCUT2D eigenvalue weighted by Crippen LogP contribution is -2.24. The summed E-state index contributed by atoms with van der Waals surface area (Å²) >= 11 is 0. The highest BCUT2D eigenvalue weighted by atomic mass is 16.5. The van der Waals surface area contributed by atoms with Crippen molar-refractivity contribution >= 4 is 5.91 Å². The monoisotopic (exact) mass is 347 g/mol. The molecule has 0 fully saturated rings. The van der Waals surface area contributed by atoms with Crippen LogP contribution in [0.4, 0.5) is 0 Å². The van der Waals surface area contributed by atoms with E-state index in [0.717, 1.165) is 11.4 Å². The fourth-order valence-corrected chi connectivity index (χ4v) is 2.04. The molecule has 0 aliphatic rings. The number of para-hydroxylation sites is 1. The number of nitrogens with zero attached hydrogens (tertiary/aromatic N) is 4. The van der Waals surface area contributed by atoms with E-state index >= 15 is 0 Å². The predicted octanol–water partition coefficient (Wildman–Crippen LogP) is 1.78. The molecular weight excluding hydrogens is 330 g/mol. The van der Waals surface area contributed by atoms with Gasteiger partial charge in [-0.2, -0.15) is 9.90 Å². The SMILES string of the molecule is Cc1ccc(OCC#CCNC(=O)c2cnn(-c3ccccc3)n2)cn1. The molecule has 26 heavy (non-hydrogen) atoms. The van der Waals surface area contributed by atoms with Crippen molar-refractivity contribution in [2.45, 2.75) is 6.92 Å². The standard InChI is InChI=1S/C19H17N5O2/c1-15-9-10-17(13-21-15)26-12-6-5-11-20-19(25)18-14-22-24(23-18)16-7-3-2-4-8-16/h2-4,7-10,13-14H,11-12H2,1H3,(H,20,25). The molecular formula is C19H17N5O2. The van der Waals surface area contributed by atoms with Crippen molar-refractivity contribution in [1.82, 2.24) is 25.3 Å². The van der Waals surface area contributed by atoms with Crippen LogP contribution in [0.15, 0.2) is 54.9 Å². The summed E-state index contributed by atoms with van der Waals surface area (Å²) in [6.07, 6.45) is 3.07. The molecule has 2 aromatic heterocycles. The Labute approximate surface area is 151 Å². The van der Waals surface area contributed by atoms with Crippen LogP contribution in [-0.4, -0.2) is 39.0 Å². The number of hydrogen-bond acceptors (Lipinski definition) is 5. The van der Waals surface area contributed by atoms with E-state index in [1.54, 1.807) is 6.20 Å². The number of hydrogen-bond donors (Lipinski definition) is 1. The van der Waals surface area contributed by atoms with Crippen LogP contribution in [0.3, 0.4) is 0 Å². The molecule has 0 saturated carbocycles. The summed E-state index contributed by atoms with van der Waals surface area (Å²) in [7, 11) is 0. The number of pyridine rings is 1. The van der Waals surface area contributed by atoms with E-state index in [0.29, 0.717) is 5.75 Å². The first-order chi connectivity index (χ1) is 12.7. The maximum absolute atomic E-state index is 12.0. The summed E-state index contributed by atoms with van der Waals surface area (Å²) < 4.78 is 5.43. The van der Waals surface area contributed by atoms with Crippen LogP contribution in [0.2, 0.25) is 0 Å². The van der Waals surface area contributed by atoms with Crippen molar-refractivity contribution in [3.8, 4) is 23.3 Å². The molecule has 2 heterocycles. The maximum Gasteiger partial charge on any atom is 0.274 e. The Morgan fingerprint density at radius 1 is 1.15 bits per heavy atom. The van der Waals surface area contributed by atoms with Crippen LogP contribution in [-0.2, 0) is 0 Å². The number of amides is 1. The Kier molecular flexibility index (Phi) is 5.58. The second-order valence-corrected chi connectivity index (χ2v) is 5.31. The molecule has 0 aliphatic heterocycles. The molecule has 1 N–H and O–H groups in total. The molecule has 0 atom stereocenters. The van der Waals surface area contributed by atoms with Crippen molar-refractivity contribution in [1.29, 1.82) is 0 Å². The first-order valence-corrected chi connectivity index (χ1v) is 7.99. The smallest absolute Gasteiger partial charge is 0.274 e. The molecule has 0 radical (unpaired) electrons. The fraction of sp³-hybridized carbons (Fsp3) is 0.158. The normalized spacial score (nSPS) is 9.88. The zero-order valence-electron chi connectivity index (χ0n) is 14.2. The lowest BCUT2D eigenvalue weighted by Gasteiger charge is -2.01. The van der Waals surface area contributed by atoms with Crippen molar-refractivity contribution in [3.05, 3.63) is 66.2 Å². The van der Waals surface area contributed by atoms with E-state index in [2.05, 4.69) is 32.3 Å². The summed E-state index contributed by atoms with van der Waals surface area (Å²) in [6, 6.07) is 13.1. The highest BCUT2D eigenvalue weighted by Crippen LogP contribution is 2.07. The van der Waals surface area contributed by atoms with Crippen LogP contribution in [0.25, 0.3) is 5.69 Å². The van der Waals surface area contributed by atoms with Gasteiger partial charge in [0, 0.05) is 5.69 Å². The highest BCUT2D eigenvalue weighted by molar-refractivity contribution is 5.92. The third kappa shape index (κ3) is 4.68. The lowest BCUT2D eigenvalue weighted by atomic mass is 10.3. The topological polar surface area (TPSA) is 81.9 Å². The minimum Gasteiger partial charge on any atom is -0.479 e. The molecule has 3 aromatic rings. The molecule has 0 aliphatic carbocycles. The van der Waals surface area contributed by atoms with Gasteiger partial charge in [-0.1, -0.05) is 30.0 Å². The number of ether oxygens (including phenoxy) is 1. The van der Waals surface area contributed by atoms with E-state index in [9.17, 15) is 4.79 Å². The van der Waals surface area contributed by atoms with Crippen LogP contribution in [0.5, 0.6) is 5.75 Å². The number of carbonyl (C=O) groups excluding carboxylic acids is 1. The van der Waals surface area contributed by atoms with E-state index in [-0.39, 0.29) is 24.8 Å². The van der Waals surface area contributed by atoms with Gasteiger partial charge in [-0.25, -0.2) is 0 Å². The molecule has 7 heteroatoms. The molecule has 7 nitrogen and oxygen atoms in total. The van der Waals surface area contributed by atoms with Crippen molar-refractivity contribution < 1.29 is 9.53 Å². The van der Waals surface area contributed by atoms with Crippen LogP contribution in [0, 0.1) is 18.8 Å². The molecule has 0 unspecified atom stereocenters. The van der Waals surface area contributed by atoms with E-state index in [1.807, 2.05) is 49.4 Å². The summed E-state index contributed by atoms with van der Waals surface area (Å²) in [4.78, 5) is 17.6. The van der Waals surface area contributed by atoms with Gasteiger partial charge in [0.1, 0.15) is 12.4 Å². The molecule has 130 valence electrons. The molecule has 1 aromatic carbocycles. The quantitative estimate of drug-likeness (QED) is 0.712.